The molecule has 1 aromatic rings. The van der Waals surface area contributed by atoms with E-state index in [0.717, 1.165) is 23.1 Å². The van der Waals surface area contributed by atoms with Crippen LogP contribution in [0.3, 0.4) is 0 Å². The summed E-state index contributed by atoms with van der Waals surface area (Å²) in [5, 5.41) is 3.20. The summed E-state index contributed by atoms with van der Waals surface area (Å²) >= 11 is 3.38. The number of hydrogen-bond donors (Lipinski definition) is 1. The van der Waals surface area contributed by atoms with E-state index in [0.29, 0.717) is 6.61 Å². The van der Waals surface area contributed by atoms with Gasteiger partial charge in [-0.15, -0.1) is 0 Å². The first kappa shape index (κ1) is 10.1. The van der Waals surface area contributed by atoms with Gasteiger partial charge < -0.3 is 10.1 Å². The van der Waals surface area contributed by atoms with Crippen LogP contribution >= 0.6 is 15.9 Å². The fourth-order valence-corrected chi connectivity index (χ4v) is 1.78. The highest BCUT2D eigenvalue weighted by Crippen LogP contribution is 2.18. The molecule has 0 aliphatic carbocycles. The minimum Gasteiger partial charge on any atom is -0.368 e. The van der Waals surface area contributed by atoms with Crippen molar-refractivity contribution in [1.29, 1.82) is 0 Å². The third kappa shape index (κ3) is 2.32. The van der Waals surface area contributed by atoms with Crippen molar-refractivity contribution in [1.82, 2.24) is 10.3 Å². The number of nitrogens with one attached hydrogen (secondary N) is 1. The van der Waals surface area contributed by atoms with Gasteiger partial charge in [-0.3, -0.25) is 4.98 Å². The number of pyridine rings is 1. The van der Waals surface area contributed by atoms with Gasteiger partial charge in [0.15, 0.2) is 0 Å². The molecule has 0 spiro atoms. The lowest BCUT2D eigenvalue weighted by atomic mass is 10.00. The van der Waals surface area contributed by atoms with Crippen molar-refractivity contribution in [2.75, 3.05) is 13.1 Å². The first-order valence-electron chi connectivity index (χ1n) is 4.62. The summed E-state index contributed by atoms with van der Waals surface area (Å²) < 4.78 is 6.78. The van der Waals surface area contributed by atoms with Crippen LogP contribution in [0.15, 0.2) is 22.9 Å². The van der Waals surface area contributed by atoms with Crippen molar-refractivity contribution in [2.24, 2.45) is 0 Å². The van der Waals surface area contributed by atoms with Crippen LogP contribution in [0.5, 0.6) is 0 Å². The topological polar surface area (TPSA) is 34.1 Å². The summed E-state index contributed by atoms with van der Waals surface area (Å²) in [6.45, 7) is 4.63. The minimum atomic E-state index is 0.0162. The van der Waals surface area contributed by atoms with Gasteiger partial charge in [-0.1, -0.05) is 0 Å². The molecule has 1 aromatic heterocycles. The van der Waals surface area contributed by atoms with Crippen molar-refractivity contribution in [3.63, 3.8) is 0 Å². The van der Waals surface area contributed by atoms with Gasteiger partial charge in [-0.05, 0) is 34.5 Å². The van der Waals surface area contributed by atoms with Gasteiger partial charge in [0.1, 0.15) is 0 Å². The van der Waals surface area contributed by atoms with Crippen LogP contribution < -0.4 is 5.32 Å². The first-order chi connectivity index (χ1) is 6.68. The summed E-state index contributed by atoms with van der Waals surface area (Å²) in [4.78, 5) is 4.09. The first-order valence-corrected chi connectivity index (χ1v) is 5.41. The maximum absolute atomic E-state index is 5.78. The number of ether oxygens (including phenoxy) is 1. The average Bonchev–Trinajstić information content (AvgIpc) is 2.12. The lowest BCUT2D eigenvalue weighted by Gasteiger charge is -2.39. The smallest absolute Gasteiger partial charge is 0.0906 e. The zero-order valence-electron chi connectivity index (χ0n) is 8.09. The second-order valence-corrected chi connectivity index (χ2v) is 4.77. The van der Waals surface area contributed by atoms with Crippen molar-refractivity contribution >= 4 is 15.9 Å². The van der Waals surface area contributed by atoms with Crippen molar-refractivity contribution in [3.05, 3.63) is 28.5 Å². The van der Waals surface area contributed by atoms with Crippen LogP contribution in [-0.2, 0) is 11.3 Å². The normalized spacial score (nSPS) is 19.0. The highest BCUT2D eigenvalue weighted by molar-refractivity contribution is 9.10. The molecule has 1 fully saturated rings. The number of hydrogen-bond acceptors (Lipinski definition) is 3. The Morgan fingerprint density at radius 1 is 1.57 bits per heavy atom. The Kier molecular flexibility index (Phi) is 2.85. The molecule has 0 bridgehead atoms. The maximum atomic E-state index is 5.78. The van der Waals surface area contributed by atoms with Crippen molar-refractivity contribution < 1.29 is 4.74 Å². The highest BCUT2D eigenvalue weighted by atomic mass is 79.9. The Hall–Kier alpha value is -0.450. The fourth-order valence-electron chi connectivity index (χ4n) is 1.37. The predicted molar refractivity (Wildman–Crippen MR) is 58.0 cm³/mol. The molecule has 2 heterocycles. The molecule has 0 amide bonds. The number of aromatic nitrogens is 1. The molecule has 1 saturated heterocycles. The molecule has 0 saturated carbocycles. The van der Waals surface area contributed by atoms with E-state index in [1.807, 2.05) is 12.3 Å². The minimum absolute atomic E-state index is 0.0162. The van der Waals surface area contributed by atoms with Crippen LogP contribution in [0.25, 0.3) is 0 Å². The Labute approximate surface area is 92.0 Å². The van der Waals surface area contributed by atoms with Gasteiger partial charge in [0.05, 0.1) is 12.2 Å². The quantitative estimate of drug-likeness (QED) is 0.895. The second kappa shape index (κ2) is 3.96. The van der Waals surface area contributed by atoms with E-state index >= 15 is 0 Å². The highest BCUT2D eigenvalue weighted by Gasteiger charge is 2.32. The zero-order valence-corrected chi connectivity index (χ0v) is 9.67. The van der Waals surface area contributed by atoms with Crippen molar-refractivity contribution in [3.8, 4) is 0 Å². The van der Waals surface area contributed by atoms with E-state index in [4.69, 9.17) is 4.74 Å². The number of halogens is 1. The Balaban J connectivity index is 1.91. The molecule has 0 aromatic carbocycles. The van der Waals surface area contributed by atoms with Gasteiger partial charge >= 0.3 is 0 Å². The van der Waals surface area contributed by atoms with E-state index in [-0.39, 0.29) is 5.60 Å². The molecule has 76 valence electrons. The molecule has 0 unspecified atom stereocenters. The van der Waals surface area contributed by atoms with Gasteiger partial charge in [-0.25, -0.2) is 0 Å². The summed E-state index contributed by atoms with van der Waals surface area (Å²) in [6, 6.07) is 2.03. The molecule has 1 N–H and O–H groups in total. The number of nitrogens with zero attached hydrogens (tertiary/aromatic N) is 1. The van der Waals surface area contributed by atoms with Crippen LogP contribution in [-0.4, -0.2) is 23.7 Å². The fraction of sp³-hybridized carbons (Fsp3) is 0.500. The maximum Gasteiger partial charge on any atom is 0.0906 e. The Morgan fingerprint density at radius 3 is 2.93 bits per heavy atom. The molecule has 0 radical (unpaired) electrons. The van der Waals surface area contributed by atoms with E-state index in [1.165, 1.54) is 0 Å². The molecule has 3 nitrogen and oxygen atoms in total. The number of rotatable bonds is 3. The summed E-state index contributed by atoms with van der Waals surface area (Å²) in [6.07, 6.45) is 3.61. The van der Waals surface area contributed by atoms with Gasteiger partial charge in [-0.2, -0.15) is 0 Å². The van der Waals surface area contributed by atoms with Crippen LogP contribution in [0, 0.1) is 0 Å². The third-order valence-electron chi connectivity index (χ3n) is 2.35. The predicted octanol–water partition coefficient (Wildman–Crippen LogP) is 1.72. The molecule has 4 heteroatoms. The Bertz CT molecular complexity index is 326. The van der Waals surface area contributed by atoms with E-state index in [1.54, 1.807) is 6.20 Å². The molecule has 1 aliphatic heterocycles. The van der Waals surface area contributed by atoms with E-state index in [2.05, 4.69) is 33.2 Å². The van der Waals surface area contributed by atoms with Gasteiger partial charge in [0.25, 0.3) is 0 Å². The van der Waals surface area contributed by atoms with E-state index in [9.17, 15) is 0 Å². The van der Waals surface area contributed by atoms with Crippen LogP contribution in [0.4, 0.5) is 0 Å². The van der Waals surface area contributed by atoms with Crippen LogP contribution in [0.1, 0.15) is 12.5 Å². The summed E-state index contributed by atoms with van der Waals surface area (Å²) in [5.74, 6) is 0. The standard InChI is InChI=1S/C10H13BrN2O/c1-10(6-13-7-10)14-5-8-2-9(11)4-12-3-8/h2-4,13H,5-7H2,1H3. The molecule has 14 heavy (non-hydrogen) atoms. The lowest BCUT2D eigenvalue weighted by Crippen LogP contribution is -2.58. The summed E-state index contributed by atoms with van der Waals surface area (Å²) in [5.41, 5.74) is 1.12. The zero-order chi connectivity index (χ0) is 10.0. The summed E-state index contributed by atoms with van der Waals surface area (Å²) in [7, 11) is 0. The molecule has 2 rings (SSSR count). The Morgan fingerprint density at radius 2 is 2.36 bits per heavy atom. The lowest BCUT2D eigenvalue weighted by molar-refractivity contribution is -0.0768. The third-order valence-corrected chi connectivity index (χ3v) is 2.78. The molecular formula is C10H13BrN2O. The molecular weight excluding hydrogens is 244 g/mol. The largest absolute Gasteiger partial charge is 0.368 e. The van der Waals surface area contributed by atoms with Crippen molar-refractivity contribution in [2.45, 2.75) is 19.1 Å². The second-order valence-electron chi connectivity index (χ2n) is 3.85. The SMILES string of the molecule is CC1(OCc2cncc(Br)c2)CNC1. The average molecular weight is 257 g/mol. The van der Waals surface area contributed by atoms with Gasteiger partial charge in [0, 0.05) is 30.0 Å². The molecule has 0 atom stereocenters. The van der Waals surface area contributed by atoms with Crippen LogP contribution in [0.2, 0.25) is 0 Å². The molecule has 1 aliphatic rings. The monoisotopic (exact) mass is 256 g/mol. The van der Waals surface area contributed by atoms with Gasteiger partial charge in [0.2, 0.25) is 0 Å². The van der Waals surface area contributed by atoms with E-state index < -0.39 is 0 Å².